The van der Waals surface area contributed by atoms with Gasteiger partial charge in [-0.1, -0.05) is 23.2 Å². The Morgan fingerprint density at radius 2 is 1.94 bits per heavy atom. The molecular formula is C12H13Cl2NO2S. The first-order valence-corrected chi connectivity index (χ1v) is 7.29. The molecule has 1 aliphatic rings. The average Bonchev–Trinajstić information content (AvgIpc) is 2.34. The summed E-state index contributed by atoms with van der Waals surface area (Å²) in [6, 6.07) is 5.60. The fourth-order valence-corrected chi connectivity index (χ4v) is 3.43. The van der Waals surface area contributed by atoms with Gasteiger partial charge in [-0.25, -0.2) is 4.79 Å². The van der Waals surface area contributed by atoms with Gasteiger partial charge in [0.25, 0.3) is 0 Å². The van der Waals surface area contributed by atoms with Crippen LogP contribution >= 0.6 is 35.0 Å². The van der Waals surface area contributed by atoms with Crippen LogP contribution in [0.1, 0.15) is 12.8 Å². The Hall–Kier alpha value is -0.580. The van der Waals surface area contributed by atoms with Crippen LogP contribution in [0.3, 0.4) is 0 Å². The average molecular weight is 306 g/mol. The molecule has 18 heavy (non-hydrogen) atoms. The third-order valence-electron chi connectivity index (χ3n) is 2.91. The van der Waals surface area contributed by atoms with Gasteiger partial charge >= 0.3 is 6.09 Å². The van der Waals surface area contributed by atoms with Gasteiger partial charge in [-0.15, -0.1) is 11.8 Å². The van der Waals surface area contributed by atoms with Crippen LogP contribution in [-0.4, -0.2) is 34.4 Å². The second-order valence-corrected chi connectivity index (χ2v) is 6.35. The normalized spacial score (nSPS) is 16.9. The molecule has 1 aromatic carbocycles. The van der Waals surface area contributed by atoms with E-state index in [2.05, 4.69) is 0 Å². The van der Waals surface area contributed by atoms with Gasteiger partial charge in [0.05, 0.1) is 10.0 Å². The number of thioether (sulfide) groups is 1. The maximum atomic E-state index is 10.8. The van der Waals surface area contributed by atoms with Gasteiger partial charge in [0.2, 0.25) is 0 Å². The highest BCUT2D eigenvalue weighted by Gasteiger charge is 2.22. The molecule has 1 aromatic rings. The van der Waals surface area contributed by atoms with Gasteiger partial charge in [-0.05, 0) is 31.0 Å². The van der Waals surface area contributed by atoms with Crippen LogP contribution in [-0.2, 0) is 0 Å². The number of benzene rings is 1. The SMILES string of the molecule is O=C(O)N1CCC(Sc2ccc(Cl)c(Cl)c2)CC1. The molecule has 0 radical (unpaired) electrons. The van der Waals surface area contributed by atoms with Gasteiger partial charge in [0.15, 0.2) is 0 Å². The number of likely N-dealkylation sites (tertiary alicyclic amines) is 1. The van der Waals surface area contributed by atoms with Crippen molar-refractivity contribution in [2.45, 2.75) is 23.0 Å². The maximum absolute atomic E-state index is 10.8. The molecule has 1 heterocycles. The van der Waals surface area contributed by atoms with E-state index in [0.29, 0.717) is 28.4 Å². The lowest BCUT2D eigenvalue weighted by molar-refractivity contribution is 0.136. The Labute approximate surface area is 120 Å². The highest BCUT2D eigenvalue weighted by atomic mass is 35.5. The van der Waals surface area contributed by atoms with Crippen molar-refractivity contribution in [1.29, 1.82) is 0 Å². The summed E-state index contributed by atoms with van der Waals surface area (Å²) in [5.74, 6) is 0. The quantitative estimate of drug-likeness (QED) is 0.889. The molecule has 1 aliphatic heterocycles. The van der Waals surface area contributed by atoms with Crippen molar-refractivity contribution in [3.8, 4) is 0 Å². The molecular weight excluding hydrogens is 293 g/mol. The highest BCUT2D eigenvalue weighted by molar-refractivity contribution is 8.00. The molecule has 0 aliphatic carbocycles. The van der Waals surface area contributed by atoms with Crippen LogP contribution in [0.2, 0.25) is 10.0 Å². The van der Waals surface area contributed by atoms with E-state index in [0.717, 1.165) is 17.7 Å². The Morgan fingerprint density at radius 1 is 1.28 bits per heavy atom. The van der Waals surface area contributed by atoms with E-state index in [-0.39, 0.29) is 0 Å². The van der Waals surface area contributed by atoms with Crippen molar-refractivity contribution >= 4 is 41.1 Å². The summed E-state index contributed by atoms with van der Waals surface area (Å²) in [5, 5.41) is 10.4. The van der Waals surface area contributed by atoms with Gasteiger partial charge in [-0.3, -0.25) is 0 Å². The van der Waals surface area contributed by atoms with Gasteiger partial charge in [0, 0.05) is 23.2 Å². The van der Waals surface area contributed by atoms with E-state index in [4.69, 9.17) is 28.3 Å². The molecule has 2 rings (SSSR count). The van der Waals surface area contributed by atoms with E-state index in [1.807, 2.05) is 12.1 Å². The second kappa shape index (κ2) is 6.04. The van der Waals surface area contributed by atoms with Crippen molar-refractivity contribution < 1.29 is 9.90 Å². The lowest BCUT2D eigenvalue weighted by Gasteiger charge is -2.29. The summed E-state index contributed by atoms with van der Waals surface area (Å²) >= 11 is 13.6. The standard InChI is InChI=1S/C12H13Cl2NO2S/c13-10-2-1-9(7-11(10)14)18-8-3-5-15(6-4-8)12(16)17/h1-2,7-8H,3-6H2,(H,16,17). The van der Waals surface area contributed by atoms with Crippen molar-refractivity contribution in [3.05, 3.63) is 28.2 Å². The monoisotopic (exact) mass is 305 g/mol. The third-order valence-corrected chi connectivity index (χ3v) is 4.98. The first-order valence-electron chi connectivity index (χ1n) is 5.66. The fourth-order valence-electron chi connectivity index (χ4n) is 1.91. The first-order chi connectivity index (χ1) is 8.56. The molecule has 1 fully saturated rings. The first kappa shape index (κ1) is 13.8. The summed E-state index contributed by atoms with van der Waals surface area (Å²) in [6.45, 7) is 1.21. The molecule has 0 aromatic heterocycles. The predicted molar refractivity (Wildman–Crippen MR) is 74.9 cm³/mol. The molecule has 3 nitrogen and oxygen atoms in total. The molecule has 1 amide bonds. The zero-order valence-electron chi connectivity index (χ0n) is 9.60. The second-order valence-electron chi connectivity index (χ2n) is 4.16. The van der Waals surface area contributed by atoms with Crippen LogP contribution in [0, 0.1) is 0 Å². The molecule has 0 saturated carbocycles. The van der Waals surface area contributed by atoms with E-state index < -0.39 is 6.09 Å². The van der Waals surface area contributed by atoms with Crippen LogP contribution in [0.5, 0.6) is 0 Å². The van der Waals surface area contributed by atoms with Gasteiger partial charge in [-0.2, -0.15) is 0 Å². The molecule has 1 N–H and O–H groups in total. The van der Waals surface area contributed by atoms with E-state index in [9.17, 15) is 4.79 Å². The van der Waals surface area contributed by atoms with E-state index >= 15 is 0 Å². The predicted octanol–water partition coefficient (Wildman–Crippen LogP) is 4.23. The van der Waals surface area contributed by atoms with Crippen molar-refractivity contribution in [2.24, 2.45) is 0 Å². The molecule has 0 unspecified atom stereocenters. The summed E-state index contributed by atoms with van der Waals surface area (Å²) in [6.07, 6.45) is 0.919. The summed E-state index contributed by atoms with van der Waals surface area (Å²) in [7, 11) is 0. The van der Waals surface area contributed by atoms with Crippen molar-refractivity contribution in [3.63, 3.8) is 0 Å². The number of piperidine rings is 1. The van der Waals surface area contributed by atoms with Crippen molar-refractivity contribution in [2.75, 3.05) is 13.1 Å². The van der Waals surface area contributed by atoms with Crippen LogP contribution in [0.25, 0.3) is 0 Å². The van der Waals surface area contributed by atoms with Crippen molar-refractivity contribution in [1.82, 2.24) is 4.90 Å². The molecule has 1 saturated heterocycles. The molecule has 6 heteroatoms. The number of carbonyl (C=O) groups is 1. The minimum Gasteiger partial charge on any atom is -0.465 e. The van der Waals surface area contributed by atoms with Gasteiger partial charge in [0.1, 0.15) is 0 Å². The summed E-state index contributed by atoms with van der Waals surface area (Å²) < 4.78 is 0. The topological polar surface area (TPSA) is 40.5 Å². The number of carboxylic acid groups (broad SMARTS) is 1. The molecule has 0 spiro atoms. The van der Waals surface area contributed by atoms with E-state index in [1.165, 1.54) is 4.90 Å². The number of hydrogen-bond donors (Lipinski definition) is 1. The largest absolute Gasteiger partial charge is 0.465 e. The Kier molecular flexibility index (Phi) is 4.65. The summed E-state index contributed by atoms with van der Waals surface area (Å²) in [4.78, 5) is 13.3. The lowest BCUT2D eigenvalue weighted by Crippen LogP contribution is -2.38. The Bertz CT molecular complexity index is 448. The van der Waals surface area contributed by atoms with Crippen LogP contribution in [0.15, 0.2) is 23.1 Å². The minimum absolute atomic E-state index is 0.442. The Balaban J connectivity index is 1.91. The zero-order valence-corrected chi connectivity index (χ0v) is 11.9. The molecule has 0 bridgehead atoms. The van der Waals surface area contributed by atoms with Gasteiger partial charge < -0.3 is 10.0 Å². The Morgan fingerprint density at radius 3 is 2.50 bits per heavy atom. The maximum Gasteiger partial charge on any atom is 0.407 e. The van der Waals surface area contributed by atoms with Crippen LogP contribution in [0.4, 0.5) is 4.79 Å². The number of amides is 1. The molecule has 98 valence electrons. The number of rotatable bonds is 2. The van der Waals surface area contributed by atoms with E-state index in [1.54, 1.807) is 17.8 Å². The number of nitrogens with zero attached hydrogens (tertiary/aromatic N) is 1. The zero-order chi connectivity index (χ0) is 13.1. The van der Waals surface area contributed by atoms with Crippen LogP contribution < -0.4 is 0 Å². The number of halogens is 2. The molecule has 0 atom stereocenters. The fraction of sp³-hybridized carbons (Fsp3) is 0.417. The third kappa shape index (κ3) is 3.46. The number of hydrogen-bond acceptors (Lipinski definition) is 2. The smallest absolute Gasteiger partial charge is 0.407 e. The highest BCUT2D eigenvalue weighted by Crippen LogP contribution is 2.33. The minimum atomic E-state index is -0.826. The lowest BCUT2D eigenvalue weighted by atomic mass is 10.1. The summed E-state index contributed by atoms with van der Waals surface area (Å²) in [5.41, 5.74) is 0.